The lowest BCUT2D eigenvalue weighted by Gasteiger charge is -2.15. The second-order valence-corrected chi connectivity index (χ2v) is 6.94. The normalized spacial score (nSPS) is 11.0. The average Bonchev–Trinajstić information content (AvgIpc) is 2.73. The van der Waals surface area contributed by atoms with E-state index in [1.165, 1.54) is 0 Å². The zero-order chi connectivity index (χ0) is 21.8. The van der Waals surface area contributed by atoms with Crippen molar-refractivity contribution in [1.82, 2.24) is 16.0 Å². The number of aliphatic imine (C=N–C) groups is 1. The standard InChI is InChI=1S/C23H31N5O2/c1-5-14-30-21-9-7-6-8-19(21)16-26-22(24-4)25-15-18-10-12-20(13-11-18)28-23(29)27-17(2)3/h5-13,17H,1,14-16H2,2-4H3,(H2,24,25,26)(H2,27,28,29). The number of ether oxygens (including phenoxy) is 1. The number of para-hydroxylation sites is 1. The van der Waals surface area contributed by atoms with Gasteiger partial charge in [-0.3, -0.25) is 4.99 Å². The molecule has 0 aliphatic rings. The topological polar surface area (TPSA) is 86.8 Å². The van der Waals surface area contributed by atoms with Crippen molar-refractivity contribution in [1.29, 1.82) is 0 Å². The Kier molecular flexibility index (Phi) is 9.24. The predicted molar refractivity (Wildman–Crippen MR) is 123 cm³/mol. The molecule has 7 nitrogen and oxygen atoms in total. The first kappa shape index (κ1) is 22.8. The molecule has 30 heavy (non-hydrogen) atoms. The lowest BCUT2D eigenvalue weighted by Crippen LogP contribution is -2.36. The summed E-state index contributed by atoms with van der Waals surface area (Å²) in [5.41, 5.74) is 2.86. The molecule has 0 saturated heterocycles. The fourth-order valence-electron chi connectivity index (χ4n) is 2.66. The number of nitrogens with one attached hydrogen (secondary N) is 4. The third kappa shape index (κ3) is 7.87. The van der Waals surface area contributed by atoms with Gasteiger partial charge in [-0.1, -0.05) is 43.0 Å². The van der Waals surface area contributed by atoms with Crippen molar-refractivity contribution in [2.75, 3.05) is 19.0 Å². The summed E-state index contributed by atoms with van der Waals surface area (Å²) in [5, 5.41) is 12.2. The summed E-state index contributed by atoms with van der Waals surface area (Å²) in [6.07, 6.45) is 1.72. The van der Waals surface area contributed by atoms with Crippen LogP contribution in [0.4, 0.5) is 10.5 Å². The van der Waals surface area contributed by atoms with Crippen LogP contribution in [-0.4, -0.2) is 31.7 Å². The summed E-state index contributed by atoms with van der Waals surface area (Å²) in [4.78, 5) is 16.0. The van der Waals surface area contributed by atoms with E-state index in [1.54, 1.807) is 13.1 Å². The summed E-state index contributed by atoms with van der Waals surface area (Å²) in [6.45, 7) is 9.18. The number of carbonyl (C=O) groups is 1. The van der Waals surface area contributed by atoms with Crippen LogP contribution >= 0.6 is 0 Å². The second-order valence-electron chi connectivity index (χ2n) is 6.94. The van der Waals surface area contributed by atoms with E-state index in [9.17, 15) is 4.79 Å². The van der Waals surface area contributed by atoms with Gasteiger partial charge in [-0.15, -0.1) is 0 Å². The first-order valence-corrected chi connectivity index (χ1v) is 9.94. The Bertz CT molecular complexity index is 847. The van der Waals surface area contributed by atoms with Gasteiger partial charge in [-0.2, -0.15) is 0 Å². The molecule has 0 spiro atoms. The van der Waals surface area contributed by atoms with Gasteiger partial charge < -0.3 is 26.0 Å². The van der Waals surface area contributed by atoms with Crippen LogP contribution in [-0.2, 0) is 13.1 Å². The lowest BCUT2D eigenvalue weighted by molar-refractivity contribution is 0.250. The number of amides is 2. The number of nitrogens with zero attached hydrogens (tertiary/aromatic N) is 1. The van der Waals surface area contributed by atoms with Crippen LogP contribution in [0, 0.1) is 0 Å². The highest BCUT2D eigenvalue weighted by molar-refractivity contribution is 5.89. The first-order chi connectivity index (χ1) is 14.5. The minimum atomic E-state index is -0.210. The van der Waals surface area contributed by atoms with Crippen molar-refractivity contribution in [3.8, 4) is 5.75 Å². The minimum absolute atomic E-state index is 0.0910. The molecule has 4 N–H and O–H groups in total. The van der Waals surface area contributed by atoms with Gasteiger partial charge in [0.15, 0.2) is 5.96 Å². The van der Waals surface area contributed by atoms with Crippen LogP contribution < -0.4 is 26.0 Å². The highest BCUT2D eigenvalue weighted by atomic mass is 16.5. The van der Waals surface area contributed by atoms with Gasteiger partial charge in [0.25, 0.3) is 0 Å². The van der Waals surface area contributed by atoms with Crippen molar-refractivity contribution < 1.29 is 9.53 Å². The van der Waals surface area contributed by atoms with Crippen LogP contribution in [0.25, 0.3) is 0 Å². The average molecular weight is 410 g/mol. The summed E-state index contributed by atoms with van der Waals surface area (Å²) < 4.78 is 5.69. The number of urea groups is 1. The van der Waals surface area contributed by atoms with Gasteiger partial charge >= 0.3 is 6.03 Å². The van der Waals surface area contributed by atoms with Gasteiger partial charge in [-0.25, -0.2) is 4.79 Å². The number of hydrogen-bond donors (Lipinski definition) is 4. The molecule has 0 heterocycles. The molecule has 2 amide bonds. The van der Waals surface area contributed by atoms with E-state index in [-0.39, 0.29) is 12.1 Å². The van der Waals surface area contributed by atoms with Crippen LogP contribution in [0.1, 0.15) is 25.0 Å². The van der Waals surface area contributed by atoms with E-state index in [0.717, 1.165) is 22.6 Å². The molecule has 0 radical (unpaired) electrons. The van der Waals surface area contributed by atoms with Crippen molar-refractivity contribution in [2.24, 2.45) is 4.99 Å². The van der Waals surface area contributed by atoms with Gasteiger partial charge in [0.1, 0.15) is 12.4 Å². The van der Waals surface area contributed by atoms with E-state index in [4.69, 9.17) is 4.74 Å². The Labute approximate surface area is 178 Å². The quantitative estimate of drug-likeness (QED) is 0.289. The molecule has 0 fully saturated rings. The van der Waals surface area contributed by atoms with Crippen molar-refractivity contribution in [2.45, 2.75) is 33.0 Å². The zero-order valence-electron chi connectivity index (χ0n) is 17.9. The molecule has 0 atom stereocenters. The van der Waals surface area contributed by atoms with Crippen LogP contribution in [0.15, 0.2) is 66.2 Å². The number of hydrogen-bond acceptors (Lipinski definition) is 3. The zero-order valence-corrected chi connectivity index (χ0v) is 17.9. The van der Waals surface area contributed by atoms with Gasteiger partial charge in [-0.05, 0) is 37.6 Å². The SMILES string of the molecule is C=CCOc1ccccc1CNC(=NC)NCc1ccc(NC(=O)NC(C)C)cc1. The van der Waals surface area contributed by atoms with E-state index in [0.29, 0.717) is 25.7 Å². The smallest absolute Gasteiger partial charge is 0.319 e. The Balaban J connectivity index is 1.84. The number of benzene rings is 2. The molecule has 0 aliphatic carbocycles. The third-order valence-electron chi connectivity index (χ3n) is 4.09. The summed E-state index contributed by atoms with van der Waals surface area (Å²) in [5.74, 6) is 1.51. The Morgan fingerprint density at radius 1 is 1.10 bits per heavy atom. The van der Waals surface area contributed by atoms with Crippen molar-refractivity contribution in [3.63, 3.8) is 0 Å². The van der Waals surface area contributed by atoms with E-state index >= 15 is 0 Å². The number of carbonyl (C=O) groups excluding carboxylic acids is 1. The van der Waals surface area contributed by atoms with Crippen LogP contribution in [0.3, 0.4) is 0 Å². The Morgan fingerprint density at radius 2 is 1.80 bits per heavy atom. The first-order valence-electron chi connectivity index (χ1n) is 9.94. The molecule has 0 aliphatic heterocycles. The molecule has 160 valence electrons. The number of rotatable bonds is 9. The highest BCUT2D eigenvalue weighted by Gasteiger charge is 2.05. The largest absolute Gasteiger partial charge is 0.489 e. The number of anilines is 1. The number of guanidine groups is 1. The molecule has 7 heteroatoms. The molecule has 2 aromatic carbocycles. The molecule has 2 aromatic rings. The summed E-state index contributed by atoms with van der Waals surface area (Å²) >= 11 is 0. The lowest BCUT2D eigenvalue weighted by atomic mass is 10.2. The molecular formula is C23H31N5O2. The Morgan fingerprint density at radius 3 is 2.47 bits per heavy atom. The molecule has 2 rings (SSSR count). The molecule has 0 aromatic heterocycles. The van der Waals surface area contributed by atoms with Gasteiger partial charge in [0.2, 0.25) is 0 Å². The monoisotopic (exact) mass is 409 g/mol. The molecule has 0 bridgehead atoms. The summed E-state index contributed by atoms with van der Waals surface area (Å²) in [7, 11) is 1.73. The minimum Gasteiger partial charge on any atom is -0.489 e. The highest BCUT2D eigenvalue weighted by Crippen LogP contribution is 2.17. The van der Waals surface area contributed by atoms with Crippen molar-refractivity contribution in [3.05, 3.63) is 72.3 Å². The van der Waals surface area contributed by atoms with Gasteiger partial charge in [0, 0.05) is 37.4 Å². The maximum atomic E-state index is 11.8. The summed E-state index contributed by atoms with van der Waals surface area (Å²) in [6, 6.07) is 15.4. The molecule has 0 saturated carbocycles. The fraction of sp³-hybridized carbons (Fsp3) is 0.304. The maximum Gasteiger partial charge on any atom is 0.319 e. The second kappa shape index (κ2) is 12.2. The van der Waals surface area contributed by atoms with Crippen LogP contribution in [0.2, 0.25) is 0 Å². The van der Waals surface area contributed by atoms with E-state index in [1.807, 2.05) is 62.4 Å². The van der Waals surface area contributed by atoms with Gasteiger partial charge in [0.05, 0.1) is 0 Å². The van der Waals surface area contributed by atoms with Crippen LogP contribution in [0.5, 0.6) is 5.75 Å². The molecular weight excluding hydrogens is 378 g/mol. The molecule has 0 unspecified atom stereocenters. The fourth-order valence-corrected chi connectivity index (χ4v) is 2.66. The van der Waals surface area contributed by atoms with E-state index < -0.39 is 0 Å². The van der Waals surface area contributed by atoms with Crippen molar-refractivity contribution >= 4 is 17.7 Å². The predicted octanol–water partition coefficient (Wildman–Crippen LogP) is 3.65. The third-order valence-corrected chi connectivity index (χ3v) is 4.09. The maximum absolute atomic E-state index is 11.8. The Hall–Kier alpha value is -3.48. The van der Waals surface area contributed by atoms with E-state index in [2.05, 4.69) is 32.8 Å².